The Hall–Kier alpha value is -3.09. The lowest BCUT2D eigenvalue weighted by atomic mass is 10.1. The summed E-state index contributed by atoms with van der Waals surface area (Å²) in [6.07, 6.45) is 4.92. The second-order valence-electron chi connectivity index (χ2n) is 5.83. The Kier molecular flexibility index (Phi) is 5.36. The first-order chi connectivity index (χ1) is 12.6. The van der Waals surface area contributed by atoms with Crippen molar-refractivity contribution in [2.75, 3.05) is 13.1 Å². The van der Waals surface area contributed by atoms with Crippen molar-refractivity contribution in [2.24, 2.45) is 0 Å². The van der Waals surface area contributed by atoms with E-state index in [1.165, 1.54) is 10.7 Å². The van der Waals surface area contributed by atoms with E-state index in [4.69, 9.17) is 0 Å². The molecule has 7 heteroatoms. The van der Waals surface area contributed by atoms with Gasteiger partial charge in [0.15, 0.2) is 5.69 Å². The van der Waals surface area contributed by atoms with Crippen molar-refractivity contribution in [1.29, 1.82) is 0 Å². The smallest absolute Gasteiger partial charge is 0.276 e. The Morgan fingerprint density at radius 3 is 2.65 bits per heavy atom. The molecule has 0 radical (unpaired) electrons. The van der Waals surface area contributed by atoms with Crippen molar-refractivity contribution < 1.29 is 9.18 Å². The number of rotatable bonds is 6. The molecule has 1 amide bonds. The Morgan fingerprint density at radius 2 is 2.00 bits per heavy atom. The van der Waals surface area contributed by atoms with Crippen molar-refractivity contribution in [3.63, 3.8) is 0 Å². The number of halogens is 1. The summed E-state index contributed by atoms with van der Waals surface area (Å²) in [5.41, 5.74) is 2.35. The third-order valence-electron chi connectivity index (χ3n) is 4.19. The highest BCUT2D eigenvalue weighted by molar-refractivity contribution is 5.91. The van der Waals surface area contributed by atoms with Crippen LogP contribution in [0.2, 0.25) is 0 Å². The van der Waals surface area contributed by atoms with E-state index in [1.807, 2.05) is 32.0 Å². The van der Waals surface area contributed by atoms with Crippen LogP contribution in [0.5, 0.6) is 0 Å². The summed E-state index contributed by atoms with van der Waals surface area (Å²) in [5, 5.41) is 7.86. The van der Waals surface area contributed by atoms with Crippen LogP contribution in [0.25, 0.3) is 11.1 Å². The van der Waals surface area contributed by atoms with E-state index in [1.54, 1.807) is 29.6 Å². The predicted octanol–water partition coefficient (Wildman–Crippen LogP) is 3.01. The molecule has 0 bridgehead atoms. The SMILES string of the molecule is CCN(CC)C(=O)c1cn(Cc2ccc(-c3cccnc3)cc2F)nn1. The zero-order valence-corrected chi connectivity index (χ0v) is 14.8. The lowest BCUT2D eigenvalue weighted by molar-refractivity contribution is 0.0767. The molecule has 0 atom stereocenters. The number of hydrogen-bond acceptors (Lipinski definition) is 4. The van der Waals surface area contributed by atoms with Gasteiger partial charge in [0.05, 0.1) is 12.7 Å². The number of carbonyl (C=O) groups is 1. The van der Waals surface area contributed by atoms with Crippen LogP contribution in [-0.2, 0) is 6.54 Å². The molecule has 2 heterocycles. The molecule has 0 saturated heterocycles. The van der Waals surface area contributed by atoms with E-state index in [-0.39, 0.29) is 24.0 Å². The van der Waals surface area contributed by atoms with Gasteiger partial charge in [-0.2, -0.15) is 0 Å². The molecule has 0 saturated carbocycles. The number of benzene rings is 1. The average Bonchev–Trinajstić information content (AvgIpc) is 3.13. The molecule has 134 valence electrons. The highest BCUT2D eigenvalue weighted by Gasteiger charge is 2.16. The fourth-order valence-corrected chi connectivity index (χ4v) is 2.71. The summed E-state index contributed by atoms with van der Waals surface area (Å²) in [6, 6.07) is 8.72. The zero-order chi connectivity index (χ0) is 18.5. The molecule has 0 N–H and O–H groups in total. The first kappa shape index (κ1) is 17.7. The maximum Gasteiger partial charge on any atom is 0.276 e. The second-order valence-corrected chi connectivity index (χ2v) is 5.83. The molecule has 6 nitrogen and oxygen atoms in total. The fraction of sp³-hybridized carbons (Fsp3) is 0.263. The minimum Gasteiger partial charge on any atom is -0.338 e. The number of hydrogen-bond donors (Lipinski definition) is 0. The molecule has 3 rings (SSSR count). The largest absolute Gasteiger partial charge is 0.338 e. The quantitative estimate of drug-likeness (QED) is 0.683. The molecule has 3 aromatic rings. The van der Waals surface area contributed by atoms with Gasteiger partial charge in [-0.1, -0.05) is 23.4 Å². The van der Waals surface area contributed by atoms with E-state index in [0.717, 1.165) is 11.1 Å². The maximum atomic E-state index is 14.5. The highest BCUT2D eigenvalue weighted by Crippen LogP contribution is 2.21. The summed E-state index contributed by atoms with van der Waals surface area (Å²) in [5.74, 6) is -0.507. The van der Waals surface area contributed by atoms with Crippen LogP contribution in [0, 0.1) is 5.82 Å². The van der Waals surface area contributed by atoms with Crippen LogP contribution in [0.15, 0.2) is 48.9 Å². The standard InChI is InChI=1S/C19H20FN5O/c1-3-24(4-2)19(26)18-13-25(23-22-18)12-16-8-7-14(10-17(16)20)15-6-5-9-21-11-15/h5-11,13H,3-4,12H2,1-2H3. The first-order valence-corrected chi connectivity index (χ1v) is 8.50. The van der Waals surface area contributed by atoms with Crippen LogP contribution >= 0.6 is 0 Å². The van der Waals surface area contributed by atoms with Crippen LogP contribution in [0.4, 0.5) is 4.39 Å². The Balaban J connectivity index is 1.77. The summed E-state index contributed by atoms with van der Waals surface area (Å²) < 4.78 is 15.9. The topological polar surface area (TPSA) is 63.9 Å². The molecule has 0 aliphatic heterocycles. The molecular weight excluding hydrogens is 333 g/mol. The van der Waals surface area contributed by atoms with Gasteiger partial charge in [-0.3, -0.25) is 9.78 Å². The van der Waals surface area contributed by atoms with E-state index in [9.17, 15) is 9.18 Å². The summed E-state index contributed by atoms with van der Waals surface area (Å²) in [7, 11) is 0. The molecule has 26 heavy (non-hydrogen) atoms. The molecule has 0 spiro atoms. The fourth-order valence-electron chi connectivity index (χ4n) is 2.71. The third kappa shape index (κ3) is 3.77. The van der Waals surface area contributed by atoms with Gasteiger partial charge in [-0.05, 0) is 31.5 Å². The predicted molar refractivity (Wildman–Crippen MR) is 96.0 cm³/mol. The lowest BCUT2D eigenvalue weighted by Gasteiger charge is -2.16. The third-order valence-corrected chi connectivity index (χ3v) is 4.19. The van der Waals surface area contributed by atoms with Crippen LogP contribution in [0.1, 0.15) is 29.9 Å². The summed E-state index contributed by atoms with van der Waals surface area (Å²) in [4.78, 5) is 18.0. The minimum absolute atomic E-state index is 0.173. The molecular formula is C19H20FN5O. The van der Waals surface area contributed by atoms with E-state index >= 15 is 0 Å². The zero-order valence-electron chi connectivity index (χ0n) is 14.8. The van der Waals surface area contributed by atoms with E-state index in [2.05, 4.69) is 15.3 Å². The lowest BCUT2D eigenvalue weighted by Crippen LogP contribution is -2.30. The number of nitrogens with zero attached hydrogens (tertiary/aromatic N) is 5. The van der Waals surface area contributed by atoms with Crippen molar-refractivity contribution >= 4 is 5.91 Å². The normalized spacial score (nSPS) is 10.7. The molecule has 2 aromatic heterocycles. The molecule has 0 aliphatic rings. The van der Waals surface area contributed by atoms with Crippen molar-refractivity contribution in [3.8, 4) is 11.1 Å². The maximum absolute atomic E-state index is 14.5. The van der Waals surface area contributed by atoms with E-state index < -0.39 is 0 Å². The van der Waals surface area contributed by atoms with Crippen molar-refractivity contribution in [2.45, 2.75) is 20.4 Å². The second kappa shape index (κ2) is 7.86. The number of aromatic nitrogens is 4. The van der Waals surface area contributed by atoms with Gasteiger partial charge in [0.25, 0.3) is 5.91 Å². The van der Waals surface area contributed by atoms with Crippen LogP contribution in [-0.4, -0.2) is 43.9 Å². The van der Waals surface area contributed by atoms with Gasteiger partial charge in [-0.15, -0.1) is 5.10 Å². The van der Waals surface area contributed by atoms with E-state index in [0.29, 0.717) is 18.7 Å². The average molecular weight is 353 g/mol. The molecule has 1 aromatic carbocycles. The first-order valence-electron chi connectivity index (χ1n) is 8.50. The van der Waals surface area contributed by atoms with Gasteiger partial charge in [0, 0.05) is 36.6 Å². The van der Waals surface area contributed by atoms with Gasteiger partial charge in [0.2, 0.25) is 0 Å². The summed E-state index contributed by atoms with van der Waals surface area (Å²) >= 11 is 0. The number of amides is 1. The van der Waals surface area contributed by atoms with Crippen LogP contribution < -0.4 is 0 Å². The minimum atomic E-state index is -0.335. The van der Waals surface area contributed by atoms with Crippen LogP contribution in [0.3, 0.4) is 0 Å². The Labute approximate surface area is 151 Å². The molecule has 0 fully saturated rings. The molecule has 0 aliphatic carbocycles. The monoisotopic (exact) mass is 353 g/mol. The number of carbonyl (C=O) groups excluding carboxylic acids is 1. The van der Waals surface area contributed by atoms with Gasteiger partial charge in [-0.25, -0.2) is 9.07 Å². The Bertz CT molecular complexity index is 890. The van der Waals surface area contributed by atoms with Gasteiger partial charge in [0.1, 0.15) is 5.82 Å². The summed E-state index contributed by atoms with van der Waals surface area (Å²) in [6.45, 7) is 5.23. The van der Waals surface area contributed by atoms with Crippen molar-refractivity contribution in [1.82, 2.24) is 24.9 Å². The number of pyridine rings is 1. The van der Waals surface area contributed by atoms with Gasteiger partial charge < -0.3 is 4.90 Å². The van der Waals surface area contributed by atoms with Gasteiger partial charge >= 0.3 is 0 Å². The molecule has 0 unspecified atom stereocenters. The van der Waals surface area contributed by atoms with Crippen molar-refractivity contribution in [3.05, 3.63) is 66.0 Å². The Morgan fingerprint density at radius 1 is 1.19 bits per heavy atom. The highest BCUT2D eigenvalue weighted by atomic mass is 19.1.